The van der Waals surface area contributed by atoms with E-state index in [9.17, 15) is 4.79 Å². The molecule has 1 heterocycles. The van der Waals surface area contributed by atoms with Crippen LogP contribution in [0.1, 0.15) is 12.5 Å². The molecule has 112 valence electrons. The van der Waals surface area contributed by atoms with E-state index >= 15 is 0 Å². The summed E-state index contributed by atoms with van der Waals surface area (Å²) in [6.07, 6.45) is 1.47. The lowest BCUT2D eigenvalue weighted by molar-refractivity contribution is -0.149. The maximum Gasteiger partial charge on any atom is 0.331 e. The average molecular weight is 306 g/mol. The van der Waals surface area contributed by atoms with Crippen molar-refractivity contribution in [1.82, 2.24) is 14.8 Å². The molecule has 0 amide bonds. The Bertz CT molecular complexity index is 602. The van der Waals surface area contributed by atoms with Crippen LogP contribution in [0, 0.1) is 0 Å². The van der Waals surface area contributed by atoms with E-state index in [4.69, 9.17) is 10.5 Å². The maximum absolute atomic E-state index is 12.3. The summed E-state index contributed by atoms with van der Waals surface area (Å²) in [5.41, 5.74) is 5.87. The molecule has 6 nitrogen and oxygen atoms in total. The summed E-state index contributed by atoms with van der Waals surface area (Å²) >= 11 is 1.37. The van der Waals surface area contributed by atoms with Crippen molar-refractivity contribution >= 4 is 17.7 Å². The highest BCUT2D eigenvalue weighted by Crippen LogP contribution is 2.28. The van der Waals surface area contributed by atoms with Crippen LogP contribution in [-0.4, -0.2) is 33.1 Å². The van der Waals surface area contributed by atoms with Gasteiger partial charge in [-0.3, -0.25) is 0 Å². The minimum atomic E-state index is -1.21. The van der Waals surface area contributed by atoms with Crippen molar-refractivity contribution in [1.29, 1.82) is 0 Å². The predicted molar refractivity (Wildman–Crippen MR) is 80.7 cm³/mol. The number of esters is 1. The van der Waals surface area contributed by atoms with Gasteiger partial charge in [0, 0.05) is 12.8 Å². The third-order valence-corrected chi connectivity index (χ3v) is 4.25. The molecule has 0 saturated heterocycles. The molecule has 1 aromatic heterocycles. The van der Waals surface area contributed by atoms with Gasteiger partial charge in [0.1, 0.15) is 11.9 Å². The van der Waals surface area contributed by atoms with Gasteiger partial charge in [-0.05, 0) is 12.5 Å². The van der Waals surface area contributed by atoms with Crippen LogP contribution < -0.4 is 5.73 Å². The van der Waals surface area contributed by atoms with Crippen molar-refractivity contribution in [2.75, 3.05) is 12.4 Å². The number of carbonyl (C=O) groups is 1. The van der Waals surface area contributed by atoms with Gasteiger partial charge < -0.3 is 10.5 Å². The van der Waals surface area contributed by atoms with E-state index in [2.05, 4.69) is 10.1 Å². The summed E-state index contributed by atoms with van der Waals surface area (Å²) in [4.78, 5) is 16.4. The fourth-order valence-electron chi connectivity index (χ4n) is 1.85. The third-order valence-electron chi connectivity index (χ3n) is 3.03. The standard InChI is InChI=1S/C14H18N4O2S/c1-3-20-12(19)14(15,11-7-5-4-6-8-11)9-21-13-16-10-17-18(13)2/h4-8,10H,3,9,15H2,1-2H3. The Kier molecular flexibility index (Phi) is 4.98. The van der Waals surface area contributed by atoms with E-state index in [0.29, 0.717) is 17.5 Å². The first-order valence-electron chi connectivity index (χ1n) is 6.56. The Morgan fingerprint density at radius 1 is 1.43 bits per heavy atom. The van der Waals surface area contributed by atoms with Gasteiger partial charge in [-0.1, -0.05) is 42.1 Å². The molecule has 0 aliphatic carbocycles. The Morgan fingerprint density at radius 3 is 2.71 bits per heavy atom. The van der Waals surface area contributed by atoms with Crippen LogP contribution in [0.15, 0.2) is 41.8 Å². The maximum atomic E-state index is 12.3. The van der Waals surface area contributed by atoms with Crippen molar-refractivity contribution in [3.8, 4) is 0 Å². The van der Waals surface area contributed by atoms with Crippen molar-refractivity contribution < 1.29 is 9.53 Å². The molecule has 2 rings (SSSR count). The lowest BCUT2D eigenvalue weighted by Gasteiger charge is -2.27. The molecule has 0 saturated carbocycles. The largest absolute Gasteiger partial charge is 0.464 e. The highest BCUT2D eigenvalue weighted by atomic mass is 32.2. The topological polar surface area (TPSA) is 83.0 Å². The molecule has 0 aliphatic rings. The zero-order chi connectivity index (χ0) is 15.3. The van der Waals surface area contributed by atoms with Crippen LogP contribution in [0.25, 0.3) is 0 Å². The van der Waals surface area contributed by atoms with Crippen LogP contribution in [0.3, 0.4) is 0 Å². The SMILES string of the molecule is CCOC(=O)C(N)(CSc1ncnn1C)c1ccccc1. The molecule has 21 heavy (non-hydrogen) atoms. The zero-order valence-electron chi connectivity index (χ0n) is 12.0. The highest BCUT2D eigenvalue weighted by molar-refractivity contribution is 7.99. The number of rotatable bonds is 6. The Morgan fingerprint density at radius 2 is 2.14 bits per heavy atom. The summed E-state index contributed by atoms with van der Waals surface area (Å²) in [6, 6.07) is 9.24. The monoisotopic (exact) mass is 306 g/mol. The van der Waals surface area contributed by atoms with Crippen LogP contribution in [0.2, 0.25) is 0 Å². The van der Waals surface area contributed by atoms with Crippen molar-refractivity contribution in [2.24, 2.45) is 12.8 Å². The molecule has 2 N–H and O–H groups in total. The highest BCUT2D eigenvalue weighted by Gasteiger charge is 2.38. The number of aromatic nitrogens is 3. The number of ether oxygens (including phenoxy) is 1. The van der Waals surface area contributed by atoms with Gasteiger partial charge in [-0.15, -0.1) is 0 Å². The Balaban J connectivity index is 2.24. The molecule has 0 fully saturated rings. The molecule has 1 unspecified atom stereocenters. The predicted octanol–water partition coefficient (Wildman–Crippen LogP) is 1.32. The van der Waals surface area contributed by atoms with E-state index in [1.54, 1.807) is 18.7 Å². The first-order valence-corrected chi connectivity index (χ1v) is 7.55. The summed E-state index contributed by atoms with van der Waals surface area (Å²) in [5, 5.41) is 4.70. The van der Waals surface area contributed by atoms with E-state index in [1.807, 2.05) is 30.3 Å². The summed E-state index contributed by atoms with van der Waals surface area (Å²) < 4.78 is 6.78. The van der Waals surface area contributed by atoms with Gasteiger partial charge in [0.05, 0.1) is 6.61 Å². The average Bonchev–Trinajstić information content (AvgIpc) is 2.91. The number of hydrogen-bond acceptors (Lipinski definition) is 6. The molecular formula is C14H18N4O2S. The smallest absolute Gasteiger partial charge is 0.331 e. The third kappa shape index (κ3) is 3.43. The Hall–Kier alpha value is -1.86. The number of carbonyl (C=O) groups excluding carboxylic acids is 1. The van der Waals surface area contributed by atoms with Crippen molar-refractivity contribution in [2.45, 2.75) is 17.6 Å². The lowest BCUT2D eigenvalue weighted by Crippen LogP contribution is -2.48. The second-order valence-electron chi connectivity index (χ2n) is 4.51. The van der Waals surface area contributed by atoms with Gasteiger partial charge in [0.15, 0.2) is 5.16 Å². The van der Waals surface area contributed by atoms with Gasteiger partial charge >= 0.3 is 5.97 Å². The van der Waals surface area contributed by atoms with Crippen LogP contribution in [0.5, 0.6) is 0 Å². The number of nitrogens with two attached hydrogens (primary N) is 1. The quantitative estimate of drug-likeness (QED) is 0.640. The molecular weight excluding hydrogens is 288 g/mol. The Labute approximate surface area is 127 Å². The molecule has 0 radical (unpaired) electrons. The lowest BCUT2D eigenvalue weighted by atomic mass is 9.93. The molecule has 0 aliphatic heterocycles. The molecule has 0 spiro atoms. The number of thioether (sulfide) groups is 1. The minimum Gasteiger partial charge on any atom is -0.464 e. The van der Waals surface area contributed by atoms with Crippen LogP contribution in [-0.2, 0) is 22.1 Å². The first kappa shape index (κ1) is 15.5. The molecule has 7 heteroatoms. The van der Waals surface area contributed by atoms with E-state index in [0.717, 1.165) is 5.56 Å². The van der Waals surface area contributed by atoms with Gasteiger partial charge in [0.25, 0.3) is 0 Å². The van der Waals surface area contributed by atoms with Crippen molar-refractivity contribution in [3.63, 3.8) is 0 Å². The van der Waals surface area contributed by atoms with Gasteiger partial charge in [-0.2, -0.15) is 5.10 Å². The van der Waals surface area contributed by atoms with Gasteiger partial charge in [-0.25, -0.2) is 14.5 Å². The summed E-state index contributed by atoms with van der Waals surface area (Å²) in [7, 11) is 1.79. The van der Waals surface area contributed by atoms with Crippen LogP contribution >= 0.6 is 11.8 Å². The first-order chi connectivity index (χ1) is 10.1. The molecule has 0 bridgehead atoms. The normalized spacial score (nSPS) is 13.7. The number of aryl methyl sites for hydroxylation is 1. The van der Waals surface area contributed by atoms with Gasteiger partial charge in [0.2, 0.25) is 0 Å². The van der Waals surface area contributed by atoms with E-state index in [-0.39, 0.29) is 0 Å². The zero-order valence-corrected chi connectivity index (χ0v) is 12.8. The summed E-state index contributed by atoms with van der Waals surface area (Å²) in [5.74, 6) is -0.117. The number of nitrogens with zero attached hydrogens (tertiary/aromatic N) is 3. The van der Waals surface area contributed by atoms with Crippen molar-refractivity contribution in [3.05, 3.63) is 42.2 Å². The number of benzene rings is 1. The minimum absolute atomic E-state index is 0.291. The molecule has 2 aromatic rings. The van der Waals surface area contributed by atoms with E-state index in [1.165, 1.54) is 18.1 Å². The second kappa shape index (κ2) is 6.73. The fourth-order valence-corrected chi connectivity index (χ4v) is 2.85. The molecule has 1 aromatic carbocycles. The summed E-state index contributed by atoms with van der Waals surface area (Å²) in [6.45, 7) is 2.05. The van der Waals surface area contributed by atoms with E-state index < -0.39 is 11.5 Å². The molecule has 1 atom stereocenters. The second-order valence-corrected chi connectivity index (χ2v) is 5.46. The number of hydrogen-bond donors (Lipinski definition) is 1. The van der Waals surface area contributed by atoms with Crippen LogP contribution in [0.4, 0.5) is 0 Å². The fraction of sp³-hybridized carbons (Fsp3) is 0.357.